The molecule has 0 saturated carbocycles. The summed E-state index contributed by atoms with van der Waals surface area (Å²) in [7, 11) is 0. The minimum atomic E-state index is -0.251. The molecule has 17 heavy (non-hydrogen) atoms. The third-order valence-electron chi connectivity index (χ3n) is 3.76. The number of likely N-dealkylation sites (tertiary alicyclic amines) is 1. The summed E-state index contributed by atoms with van der Waals surface area (Å²) >= 11 is 6.15. The SMILES string of the molecule is CC1(C)CCN(Cc2ccccc2Cl)CC1O. The summed E-state index contributed by atoms with van der Waals surface area (Å²) < 4.78 is 0. The molecular weight excluding hydrogens is 234 g/mol. The predicted molar refractivity (Wildman–Crippen MR) is 71.1 cm³/mol. The summed E-state index contributed by atoms with van der Waals surface area (Å²) in [5, 5.41) is 10.9. The molecule has 1 unspecified atom stereocenters. The molecule has 0 aromatic heterocycles. The van der Waals surface area contributed by atoms with E-state index in [1.165, 1.54) is 0 Å². The molecule has 0 spiro atoms. The fourth-order valence-electron chi connectivity index (χ4n) is 2.21. The van der Waals surface area contributed by atoms with Crippen LogP contribution in [0.1, 0.15) is 25.8 Å². The van der Waals surface area contributed by atoms with Crippen LogP contribution in [-0.2, 0) is 6.54 Å². The lowest BCUT2D eigenvalue weighted by Crippen LogP contribution is -2.47. The molecule has 1 aliphatic heterocycles. The molecule has 94 valence electrons. The van der Waals surface area contributed by atoms with Crippen LogP contribution >= 0.6 is 11.6 Å². The van der Waals surface area contributed by atoms with Crippen LogP contribution in [0.15, 0.2) is 24.3 Å². The Morgan fingerprint density at radius 1 is 1.41 bits per heavy atom. The largest absolute Gasteiger partial charge is 0.391 e. The van der Waals surface area contributed by atoms with Gasteiger partial charge in [0, 0.05) is 18.1 Å². The first-order chi connectivity index (χ1) is 7.99. The van der Waals surface area contributed by atoms with Gasteiger partial charge in [-0.1, -0.05) is 43.6 Å². The highest BCUT2D eigenvalue weighted by Crippen LogP contribution is 2.31. The molecule has 1 aromatic carbocycles. The van der Waals surface area contributed by atoms with Gasteiger partial charge in [-0.2, -0.15) is 0 Å². The molecule has 1 aromatic rings. The van der Waals surface area contributed by atoms with Crippen molar-refractivity contribution in [1.29, 1.82) is 0 Å². The molecule has 1 atom stereocenters. The van der Waals surface area contributed by atoms with E-state index in [1.54, 1.807) is 0 Å². The molecule has 0 radical (unpaired) electrons. The van der Waals surface area contributed by atoms with Crippen molar-refractivity contribution in [2.45, 2.75) is 32.9 Å². The Morgan fingerprint density at radius 3 is 2.76 bits per heavy atom. The van der Waals surface area contributed by atoms with Crippen LogP contribution in [0, 0.1) is 5.41 Å². The minimum absolute atomic E-state index is 0.0387. The molecule has 1 fully saturated rings. The standard InChI is InChI=1S/C14H20ClNO/c1-14(2)7-8-16(10-13(14)17)9-11-5-3-4-6-12(11)15/h3-6,13,17H,7-10H2,1-2H3. The second-order valence-corrected chi connectivity index (χ2v) is 5.99. The number of hydrogen-bond acceptors (Lipinski definition) is 2. The Morgan fingerprint density at radius 2 is 2.12 bits per heavy atom. The van der Waals surface area contributed by atoms with Crippen molar-refractivity contribution in [3.8, 4) is 0 Å². The predicted octanol–water partition coefficient (Wildman–Crippen LogP) is 2.93. The van der Waals surface area contributed by atoms with Crippen molar-refractivity contribution in [1.82, 2.24) is 4.90 Å². The first kappa shape index (κ1) is 12.9. The average molecular weight is 254 g/mol. The molecule has 3 heteroatoms. The number of aliphatic hydroxyl groups is 1. The monoisotopic (exact) mass is 253 g/mol. The first-order valence-corrected chi connectivity index (χ1v) is 6.51. The van der Waals surface area contributed by atoms with Crippen molar-refractivity contribution >= 4 is 11.6 Å². The number of benzene rings is 1. The molecule has 2 rings (SSSR count). The number of piperidine rings is 1. The summed E-state index contributed by atoms with van der Waals surface area (Å²) in [5.74, 6) is 0. The number of β-amino-alcohol motifs (C(OH)–C–C–N with tert-alkyl or cyclic N) is 1. The van der Waals surface area contributed by atoms with Gasteiger partial charge >= 0.3 is 0 Å². The van der Waals surface area contributed by atoms with Crippen LogP contribution in [0.4, 0.5) is 0 Å². The van der Waals surface area contributed by atoms with Gasteiger partial charge in [0.15, 0.2) is 0 Å². The van der Waals surface area contributed by atoms with E-state index in [1.807, 2.05) is 18.2 Å². The van der Waals surface area contributed by atoms with Gasteiger partial charge in [-0.25, -0.2) is 0 Å². The average Bonchev–Trinajstić information content (AvgIpc) is 2.27. The zero-order chi connectivity index (χ0) is 12.5. The van der Waals surface area contributed by atoms with Gasteiger partial charge < -0.3 is 5.11 Å². The number of nitrogens with zero attached hydrogens (tertiary/aromatic N) is 1. The molecule has 0 bridgehead atoms. The highest BCUT2D eigenvalue weighted by Gasteiger charge is 2.34. The maximum absolute atomic E-state index is 10.1. The van der Waals surface area contributed by atoms with Gasteiger partial charge in [-0.05, 0) is 30.0 Å². The lowest BCUT2D eigenvalue weighted by atomic mass is 9.80. The smallest absolute Gasteiger partial charge is 0.0718 e. The molecule has 0 amide bonds. The quantitative estimate of drug-likeness (QED) is 0.876. The van der Waals surface area contributed by atoms with Gasteiger partial charge in [-0.3, -0.25) is 4.90 Å². The van der Waals surface area contributed by atoms with Gasteiger partial charge in [-0.15, -0.1) is 0 Å². The summed E-state index contributed by atoms with van der Waals surface area (Å²) in [6.07, 6.45) is 0.775. The Bertz CT molecular complexity index is 392. The summed E-state index contributed by atoms with van der Waals surface area (Å²) in [5.41, 5.74) is 1.18. The normalized spacial score (nSPS) is 24.8. The van der Waals surface area contributed by atoms with Crippen molar-refractivity contribution in [3.05, 3.63) is 34.9 Å². The van der Waals surface area contributed by atoms with E-state index in [2.05, 4.69) is 24.8 Å². The molecule has 1 saturated heterocycles. The molecule has 1 heterocycles. The second-order valence-electron chi connectivity index (χ2n) is 5.58. The van der Waals surface area contributed by atoms with Crippen molar-refractivity contribution in [2.24, 2.45) is 5.41 Å². The number of aliphatic hydroxyl groups excluding tert-OH is 1. The Labute approximate surface area is 108 Å². The molecule has 2 nitrogen and oxygen atoms in total. The van der Waals surface area contributed by atoms with Crippen molar-refractivity contribution in [3.63, 3.8) is 0 Å². The van der Waals surface area contributed by atoms with Crippen LogP contribution in [0.3, 0.4) is 0 Å². The Kier molecular flexibility index (Phi) is 3.76. The zero-order valence-corrected chi connectivity index (χ0v) is 11.2. The van der Waals surface area contributed by atoms with Gasteiger partial charge in [0.1, 0.15) is 0 Å². The van der Waals surface area contributed by atoms with E-state index in [-0.39, 0.29) is 11.5 Å². The zero-order valence-electron chi connectivity index (χ0n) is 10.5. The van der Waals surface area contributed by atoms with E-state index in [9.17, 15) is 5.11 Å². The Hall–Kier alpha value is -0.570. The fourth-order valence-corrected chi connectivity index (χ4v) is 2.40. The van der Waals surface area contributed by atoms with Gasteiger partial charge in [0.25, 0.3) is 0 Å². The lowest BCUT2D eigenvalue weighted by Gasteiger charge is -2.41. The van der Waals surface area contributed by atoms with Crippen LogP contribution in [0.2, 0.25) is 5.02 Å². The Balaban J connectivity index is 2.00. The summed E-state index contributed by atoms with van der Waals surface area (Å²) in [6, 6.07) is 7.92. The van der Waals surface area contributed by atoms with Crippen molar-refractivity contribution in [2.75, 3.05) is 13.1 Å². The molecule has 0 aliphatic carbocycles. The highest BCUT2D eigenvalue weighted by molar-refractivity contribution is 6.31. The van der Waals surface area contributed by atoms with Crippen molar-refractivity contribution < 1.29 is 5.11 Å². The van der Waals surface area contributed by atoms with Crippen LogP contribution in [-0.4, -0.2) is 29.2 Å². The van der Waals surface area contributed by atoms with Gasteiger partial charge in [0.05, 0.1) is 6.10 Å². The van der Waals surface area contributed by atoms with Crippen LogP contribution in [0.25, 0.3) is 0 Å². The maximum Gasteiger partial charge on any atom is 0.0718 e. The third kappa shape index (κ3) is 3.01. The van der Waals surface area contributed by atoms with Crippen LogP contribution in [0.5, 0.6) is 0 Å². The van der Waals surface area contributed by atoms with Crippen LogP contribution < -0.4 is 0 Å². The fraction of sp³-hybridized carbons (Fsp3) is 0.571. The van der Waals surface area contributed by atoms with E-state index in [4.69, 9.17) is 11.6 Å². The molecular formula is C14H20ClNO. The van der Waals surface area contributed by atoms with E-state index >= 15 is 0 Å². The summed E-state index contributed by atoms with van der Waals surface area (Å²) in [6.45, 7) is 6.84. The van der Waals surface area contributed by atoms with Gasteiger partial charge in [0.2, 0.25) is 0 Å². The minimum Gasteiger partial charge on any atom is -0.391 e. The number of rotatable bonds is 2. The third-order valence-corrected chi connectivity index (χ3v) is 4.13. The maximum atomic E-state index is 10.1. The molecule has 1 N–H and O–H groups in total. The first-order valence-electron chi connectivity index (χ1n) is 6.13. The highest BCUT2D eigenvalue weighted by atomic mass is 35.5. The lowest BCUT2D eigenvalue weighted by molar-refractivity contribution is -0.0278. The number of halogens is 1. The second kappa shape index (κ2) is 4.97. The molecule has 1 aliphatic rings. The van der Waals surface area contributed by atoms with E-state index < -0.39 is 0 Å². The number of hydrogen-bond donors (Lipinski definition) is 1. The van der Waals surface area contributed by atoms with E-state index in [0.29, 0.717) is 0 Å². The summed E-state index contributed by atoms with van der Waals surface area (Å²) in [4.78, 5) is 2.27. The topological polar surface area (TPSA) is 23.5 Å². The van der Waals surface area contributed by atoms with E-state index in [0.717, 1.165) is 36.6 Å².